The van der Waals surface area contributed by atoms with Gasteiger partial charge in [-0.2, -0.15) is 8.42 Å². The molecule has 2 saturated heterocycles. The number of nitrogens with one attached hydrogen (secondary N) is 1. The number of benzene rings is 1. The summed E-state index contributed by atoms with van der Waals surface area (Å²) in [5, 5.41) is 3.30. The number of anilines is 1. The molecule has 2 heterocycles. The van der Waals surface area contributed by atoms with E-state index in [1.54, 1.807) is 17.9 Å². The van der Waals surface area contributed by atoms with Crippen molar-refractivity contribution < 1.29 is 26.0 Å². The lowest BCUT2D eigenvalue weighted by Crippen LogP contribution is -2.50. The zero-order chi connectivity index (χ0) is 23.5. The predicted molar refractivity (Wildman–Crippen MR) is 120 cm³/mol. The monoisotopic (exact) mass is 472 g/mol. The van der Waals surface area contributed by atoms with Gasteiger partial charge in [-0.05, 0) is 44.9 Å². The lowest BCUT2D eigenvalue weighted by molar-refractivity contribution is 0.0240. The standard InChI is InChI=1S/C21H33FN4O5S/c1-16-17(15-24-7-5-23-6-8-24)13-18(14-19(16)31-32(22,28)29)25-9-11-26(12-10-25)20(27)30-21(2,3)4/h13-14,23H,5-12,15H2,1-4H3. The molecule has 9 nitrogen and oxygen atoms in total. The number of rotatable bonds is 5. The van der Waals surface area contributed by atoms with E-state index in [1.165, 1.54) is 0 Å². The smallest absolute Gasteiger partial charge is 0.444 e. The van der Waals surface area contributed by atoms with Gasteiger partial charge in [0.2, 0.25) is 0 Å². The van der Waals surface area contributed by atoms with Crippen LogP contribution in [0.4, 0.5) is 14.4 Å². The van der Waals surface area contributed by atoms with Gasteiger partial charge in [0.1, 0.15) is 5.60 Å². The van der Waals surface area contributed by atoms with E-state index < -0.39 is 16.1 Å². The third-order valence-electron chi connectivity index (χ3n) is 5.54. The first-order valence-electron chi connectivity index (χ1n) is 10.8. The first-order valence-corrected chi connectivity index (χ1v) is 12.2. The molecule has 0 atom stereocenters. The van der Waals surface area contributed by atoms with Crippen molar-refractivity contribution in [2.45, 2.75) is 39.8 Å². The summed E-state index contributed by atoms with van der Waals surface area (Å²) in [5.74, 6) is -0.00953. The Morgan fingerprint density at radius 1 is 1.09 bits per heavy atom. The quantitative estimate of drug-likeness (QED) is 0.651. The number of hydrogen-bond donors (Lipinski definition) is 1. The van der Waals surface area contributed by atoms with Gasteiger partial charge in [0.15, 0.2) is 5.75 Å². The molecule has 1 N–H and O–H groups in total. The molecule has 2 fully saturated rings. The van der Waals surface area contributed by atoms with Crippen molar-refractivity contribution >= 4 is 22.3 Å². The van der Waals surface area contributed by atoms with Crippen LogP contribution in [0.3, 0.4) is 0 Å². The van der Waals surface area contributed by atoms with Gasteiger partial charge in [-0.3, -0.25) is 4.90 Å². The van der Waals surface area contributed by atoms with Gasteiger partial charge in [-0.15, -0.1) is 0 Å². The molecule has 0 unspecified atom stereocenters. The molecular weight excluding hydrogens is 439 g/mol. The zero-order valence-electron chi connectivity index (χ0n) is 19.2. The fraction of sp³-hybridized carbons (Fsp3) is 0.667. The number of amides is 1. The lowest BCUT2D eigenvalue weighted by Gasteiger charge is -2.37. The first kappa shape index (κ1) is 24.5. The summed E-state index contributed by atoms with van der Waals surface area (Å²) in [4.78, 5) is 18.3. The molecule has 0 bridgehead atoms. The number of carbonyl (C=O) groups excluding carboxylic acids is 1. The second kappa shape index (κ2) is 9.80. The minimum Gasteiger partial charge on any atom is -0.444 e. The maximum absolute atomic E-state index is 13.4. The number of carbonyl (C=O) groups is 1. The van der Waals surface area contributed by atoms with Crippen molar-refractivity contribution in [2.24, 2.45) is 0 Å². The second-order valence-corrected chi connectivity index (χ2v) is 10.1. The molecule has 2 aliphatic rings. The van der Waals surface area contributed by atoms with E-state index in [4.69, 9.17) is 4.74 Å². The Balaban J connectivity index is 1.78. The predicted octanol–water partition coefficient (Wildman–Crippen LogP) is 2.05. The minimum atomic E-state index is -5.15. The molecule has 32 heavy (non-hydrogen) atoms. The first-order chi connectivity index (χ1) is 14.9. The van der Waals surface area contributed by atoms with E-state index in [0.717, 1.165) is 37.4 Å². The SMILES string of the molecule is Cc1c(CN2CCNCC2)cc(N2CCN(C(=O)OC(C)(C)C)CC2)cc1OS(=O)(=O)F. The molecule has 0 radical (unpaired) electrons. The summed E-state index contributed by atoms with van der Waals surface area (Å²) in [5.41, 5.74) is 1.66. The van der Waals surface area contributed by atoms with Crippen LogP contribution >= 0.6 is 0 Å². The van der Waals surface area contributed by atoms with Crippen LogP contribution in [0.15, 0.2) is 12.1 Å². The summed E-state index contributed by atoms with van der Waals surface area (Å²) in [6.07, 6.45) is -0.354. The average Bonchev–Trinajstić information content (AvgIpc) is 2.69. The van der Waals surface area contributed by atoms with Crippen LogP contribution in [0.1, 0.15) is 31.9 Å². The summed E-state index contributed by atoms with van der Waals surface area (Å²) < 4.78 is 45.9. The maximum atomic E-state index is 13.4. The summed E-state index contributed by atoms with van der Waals surface area (Å²) in [6, 6.07) is 3.55. The highest BCUT2D eigenvalue weighted by atomic mass is 32.3. The van der Waals surface area contributed by atoms with Gasteiger partial charge in [-0.1, -0.05) is 3.89 Å². The number of piperazine rings is 2. The van der Waals surface area contributed by atoms with E-state index >= 15 is 0 Å². The molecule has 1 aromatic carbocycles. The number of ether oxygens (including phenoxy) is 1. The molecule has 180 valence electrons. The fourth-order valence-electron chi connectivity index (χ4n) is 3.85. The van der Waals surface area contributed by atoms with Crippen molar-refractivity contribution in [1.29, 1.82) is 0 Å². The third-order valence-corrected chi connectivity index (χ3v) is 5.92. The molecule has 0 saturated carbocycles. The molecule has 1 amide bonds. The van der Waals surface area contributed by atoms with Crippen molar-refractivity contribution in [3.8, 4) is 5.75 Å². The molecule has 2 aliphatic heterocycles. The Morgan fingerprint density at radius 2 is 1.72 bits per heavy atom. The number of halogens is 1. The van der Waals surface area contributed by atoms with Gasteiger partial charge in [0.05, 0.1) is 0 Å². The molecule has 0 spiro atoms. The highest BCUT2D eigenvalue weighted by Gasteiger charge is 2.27. The second-order valence-electron chi connectivity index (χ2n) is 9.19. The number of nitrogens with zero attached hydrogens (tertiary/aromatic N) is 3. The molecule has 0 aromatic heterocycles. The van der Waals surface area contributed by atoms with Crippen LogP contribution in [0.25, 0.3) is 0 Å². The minimum absolute atomic E-state index is 0.00953. The van der Waals surface area contributed by atoms with Crippen LogP contribution in [0, 0.1) is 6.92 Å². The highest BCUT2D eigenvalue weighted by molar-refractivity contribution is 7.81. The molecule has 1 aromatic rings. The van der Waals surface area contributed by atoms with E-state index in [2.05, 4.69) is 14.4 Å². The lowest BCUT2D eigenvalue weighted by atomic mass is 10.0. The normalized spacial score (nSPS) is 18.5. The van der Waals surface area contributed by atoms with Crippen LogP contribution in [-0.4, -0.2) is 82.3 Å². The van der Waals surface area contributed by atoms with Gasteiger partial charge < -0.3 is 24.0 Å². The van der Waals surface area contributed by atoms with Gasteiger partial charge in [0.25, 0.3) is 0 Å². The Hall–Kier alpha value is -2.11. The number of hydrogen-bond acceptors (Lipinski definition) is 8. The van der Waals surface area contributed by atoms with Gasteiger partial charge >= 0.3 is 16.6 Å². The van der Waals surface area contributed by atoms with Crippen LogP contribution in [0.5, 0.6) is 5.75 Å². The van der Waals surface area contributed by atoms with Crippen LogP contribution in [-0.2, 0) is 21.8 Å². The van der Waals surface area contributed by atoms with Crippen molar-refractivity contribution in [3.05, 3.63) is 23.3 Å². The average molecular weight is 473 g/mol. The van der Waals surface area contributed by atoms with E-state index in [1.807, 2.05) is 31.7 Å². The van der Waals surface area contributed by atoms with Crippen LogP contribution in [0.2, 0.25) is 0 Å². The highest BCUT2D eigenvalue weighted by Crippen LogP contribution is 2.32. The van der Waals surface area contributed by atoms with E-state index in [0.29, 0.717) is 38.3 Å². The molecule has 0 aliphatic carbocycles. The Morgan fingerprint density at radius 3 is 2.28 bits per heavy atom. The van der Waals surface area contributed by atoms with Crippen molar-refractivity contribution in [3.63, 3.8) is 0 Å². The zero-order valence-corrected chi connectivity index (χ0v) is 20.0. The Kier molecular flexibility index (Phi) is 7.51. The third kappa shape index (κ3) is 6.94. The van der Waals surface area contributed by atoms with E-state index in [9.17, 15) is 17.1 Å². The van der Waals surface area contributed by atoms with E-state index in [-0.39, 0.29) is 11.8 Å². The summed E-state index contributed by atoms with van der Waals surface area (Å²) in [7, 11) is -5.15. The summed E-state index contributed by atoms with van der Waals surface area (Å²) >= 11 is 0. The maximum Gasteiger partial charge on any atom is 0.488 e. The van der Waals surface area contributed by atoms with Gasteiger partial charge in [-0.25, -0.2) is 4.79 Å². The molecular formula is C21H33FN4O5S. The largest absolute Gasteiger partial charge is 0.488 e. The van der Waals surface area contributed by atoms with Crippen molar-refractivity contribution in [1.82, 2.24) is 15.1 Å². The fourth-order valence-corrected chi connectivity index (χ4v) is 4.24. The topological polar surface area (TPSA) is 91.4 Å². The Bertz CT molecular complexity index is 921. The molecule has 3 rings (SSSR count). The van der Waals surface area contributed by atoms with Gasteiger partial charge in [0, 0.05) is 70.7 Å². The van der Waals surface area contributed by atoms with Crippen LogP contribution < -0.4 is 14.4 Å². The summed E-state index contributed by atoms with van der Waals surface area (Å²) in [6.45, 7) is 13.3. The molecule has 11 heteroatoms. The Labute approximate surface area is 189 Å². The van der Waals surface area contributed by atoms with Crippen molar-refractivity contribution in [2.75, 3.05) is 57.3 Å².